The first-order chi connectivity index (χ1) is 14.3. The van der Waals surface area contributed by atoms with E-state index < -0.39 is 0 Å². The largest absolute Gasteiger partial charge is 0.257 e. The van der Waals surface area contributed by atoms with Crippen LogP contribution in [0, 0.1) is 6.92 Å². The van der Waals surface area contributed by atoms with Crippen LogP contribution >= 0.6 is 0 Å². The predicted molar refractivity (Wildman–Crippen MR) is 115 cm³/mol. The number of hydrogen-bond acceptors (Lipinski definition) is 4. The lowest BCUT2D eigenvalue weighted by molar-refractivity contribution is 0.707. The molecule has 0 N–H and O–H groups in total. The van der Waals surface area contributed by atoms with E-state index in [1.54, 1.807) is 6.20 Å². The van der Waals surface area contributed by atoms with Gasteiger partial charge in [0.15, 0.2) is 0 Å². The van der Waals surface area contributed by atoms with Gasteiger partial charge < -0.3 is 0 Å². The Kier molecular flexibility index (Phi) is 4.41. The highest BCUT2D eigenvalue weighted by molar-refractivity contribution is 6.03. The third kappa shape index (κ3) is 3.31. The first-order valence-corrected chi connectivity index (χ1v) is 9.74. The molecule has 0 aliphatic carbocycles. The summed E-state index contributed by atoms with van der Waals surface area (Å²) in [7, 11) is 0. The Bertz CT molecular complexity index is 1130. The van der Waals surface area contributed by atoms with Crippen LogP contribution in [0.1, 0.15) is 29.3 Å². The highest BCUT2D eigenvalue weighted by Gasteiger charge is 2.29. The summed E-state index contributed by atoms with van der Waals surface area (Å²) in [6.45, 7) is 2.00. The molecule has 1 aliphatic rings. The molecule has 0 fully saturated rings. The number of aryl methyl sites for hydroxylation is 1. The molecule has 0 saturated carbocycles. The van der Waals surface area contributed by atoms with Crippen LogP contribution in [0.3, 0.4) is 0 Å². The zero-order valence-corrected chi connectivity index (χ0v) is 16.2. The van der Waals surface area contributed by atoms with E-state index in [2.05, 4.69) is 88.1 Å². The number of rotatable bonds is 4. The molecular weight excluding hydrogens is 358 g/mol. The number of aromatic nitrogens is 3. The van der Waals surface area contributed by atoms with Gasteiger partial charge in [-0.3, -0.25) is 5.01 Å². The van der Waals surface area contributed by atoms with Crippen LogP contribution in [0.4, 0.5) is 5.69 Å². The highest BCUT2D eigenvalue weighted by atomic mass is 15.5. The number of nitrogens with zero attached hydrogens (tertiary/aromatic N) is 5. The summed E-state index contributed by atoms with van der Waals surface area (Å²) in [5, 5.41) is 15.3. The van der Waals surface area contributed by atoms with E-state index in [1.807, 2.05) is 23.7 Å². The van der Waals surface area contributed by atoms with Crippen molar-refractivity contribution in [3.05, 3.63) is 108 Å². The summed E-state index contributed by atoms with van der Waals surface area (Å²) in [5.74, 6) is 0. The maximum Gasteiger partial charge on any atom is 0.0831 e. The third-order valence-electron chi connectivity index (χ3n) is 5.28. The van der Waals surface area contributed by atoms with Gasteiger partial charge in [0.05, 0.1) is 35.0 Å². The van der Waals surface area contributed by atoms with E-state index in [1.165, 1.54) is 11.1 Å². The Labute approximate surface area is 169 Å². The van der Waals surface area contributed by atoms with Gasteiger partial charge in [0.25, 0.3) is 0 Å². The summed E-state index contributed by atoms with van der Waals surface area (Å²) in [5.41, 5.74) is 6.63. The summed E-state index contributed by atoms with van der Waals surface area (Å²) < 4.78 is 1.85. The van der Waals surface area contributed by atoms with Gasteiger partial charge in [0, 0.05) is 6.42 Å². The average Bonchev–Trinajstić information content (AvgIpc) is 3.42. The molecule has 5 rings (SSSR count). The molecule has 1 unspecified atom stereocenters. The monoisotopic (exact) mass is 379 g/mol. The second-order valence-corrected chi connectivity index (χ2v) is 7.19. The predicted octanol–water partition coefficient (Wildman–Crippen LogP) is 4.93. The van der Waals surface area contributed by atoms with Crippen LogP contribution in [0.2, 0.25) is 0 Å². The maximum absolute atomic E-state index is 5.00. The van der Waals surface area contributed by atoms with Crippen LogP contribution in [-0.2, 0) is 0 Å². The fourth-order valence-electron chi connectivity index (χ4n) is 3.77. The lowest BCUT2D eigenvalue weighted by Gasteiger charge is -2.24. The van der Waals surface area contributed by atoms with Gasteiger partial charge in [0.2, 0.25) is 0 Å². The molecule has 1 aromatic heterocycles. The third-order valence-corrected chi connectivity index (χ3v) is 5.28. The molecule has 29 heavy (non-hydrogen) atoms. The van der Waals surface area contributed by atoms with E-state index in [4.69, 9.17) is 5.10 Å². The average molecular weight is 379 g/mol. The van der Waals surface area contributed by atoms with E-state index in [0.717, 1.165) is 29.2 Å². The molecule has 142 valence electrons. The van der Waals surface area contributed by atoms with Crippen molar-refractivity contribution in [1.29, 1.82) is 0 Å². The number of para-hydroxylation sites is 1. The fraction of sp³-hybridized carbons (Fsp3) is 0.125. The molecule has 5 nitrogen and oxygen atoms in total. The van der Waals surface area contributed by atoms with Crippen LogP contribution in [-0.4, -0.2) is 20.7 Å². The molecule has 1 aliphatic heterocycles. The quantitative estimate of drug-likeness (QED) is 0.505. The lowest BCUT2D eigenvalue weighted by Crippen LogP contribution is -2.18. The molecule has 0 spiro atoms. The number of benzene rings is 3. The first kappa shape index (κ1) is 17.4. The fourth-order valence-corrected chi connectivity index (χ4v) is 3.77. The van der Waals surface area contributed by atoms with Crippen molar-refractivity contribution in [2.75, 3.05) is 5.01 Å². The van der Waals surface area contributed by atoms with Crippen LogP contribution in [0.5, 0.6) is 0 Å². The Balaban J connectivity index is 1.50. The van der Waals surface area contributed by atoms with Crippen molar-refractivity contribution in [2.24, 2.45) is 5.10 Å². The van der Waals surface area contributed by atoms with Gasteiger partial charge >= 0.3 is 0 Å². The molecule has 3 aromatic carbocycles. The van der Waals surface area contributed by atoms with Crippen molar-refractivity contribution in [3.63, 3.8) is 0 Å². The minimum absolute atomic E-state index is 0.151. The zero-order chi connectivity index (χ0) is 19.6. The number of hydrogen-bond donors (Lipinski definition) is 0. The Morgan fingerprint density at radius 3 is 2.14 bits per heavy atom. The summed E-state index contributed by atoms with van der Waals surface area (Å²) in [6.07, 6.45) is 2.63. The maximum atomic E-state index is 5.00. The molecule has 4 aromatic rings. The minimum atomic E-state index is 0.151. The summed E-state index contributed by atoms with van der Waals surface area (Å²) in [6, 6.07) is 29.5. The standard InChI is InChI=1S/C24H21N5/c1-18-17-25-27-28(18)22-14-12-20(13-15-22)24-16-23(19-8-4-2-5-9-19)26-29(24)21-10-6-3-7-11-21/h2-15,17,24H,16H2,1H3. The summed E-state index contributed by atoms with van der Waals surface area (Å²) in [4.78, 5) is 0. The molecular formula is C24H21N5. The highest BCUT2D eigenvalue weighted by Crippen LogP contribution is 2.36. The van der Waals surface area contributed by atoms with Gasteiger partial charge in [-0.15, -0.1) is 5.10 Å². The van der Waals surface area contributed by atoms with Gasteiger partial charge in [-0.1, -0.05) is 65.9 Å². The van der Waals surface area contributed by atoms with Gasteiger partial charge in [-0.05, 0) is 42.3 Å². The van der Waals surface area contributed by atoms with Crippen LogP contribution < -0.4 is 5.01 Å². The minimum Gasteiger partial charge on any atom is -0.257 e. The van der Waals surface area contributed by atoms with Crippen molar-refractivity contribution in [1.82, 2.24) is 15.0 Å². The second kappa shape index (κ2) is 7.36. The SMILES string of the molecule is Cc1cnnn1-c1ccc(C2CC(c3ccccc3)=NN2c2ccccc2)cc1. The van der Waals surface area contributed by atoms with E-state index in [-0.39, 0.29) is 6.04 Å². The van der Waals surface area contributed by atoms with E-state index in [0.29, 0.717) is 0 Å². The molecule has 2 heterocycles. The van der Waals surface area contributed by atoms with E-state index >= 15 is 0 Å². The Hall–Kier alpha value is -3.73. The lowest BCUT2D eigenvalue weighted by atomic mass is 9.98. The van der Waals surface area contributed by atoms with Gasteiger partial charge in [-0.2, -0.15) is 5.10 Å². The molecule has 1 atom stereocenters. The first-order valence-electron chi connectivity index (χ1n) is 9.74. The molecule has 0 bridgehead atoms. The second-order valence-electron chi connectivity index (χ2n) is 7.19. The summed E-state index contributed by atoms with van der Waals surface area (Å²) >= 11 is 0. The Morgan fingerprint density at radius 2 is 1.48 bits per heavy atom. The smallest absolute Gasteiger partial charge is 0.0831 e. The number of anilines is 1. The normalized spacial score (nSPS) is 16.1. The molecule has 0 amide bonds. The molecule has 5 heteroatoms. The molecule has 0 saturated heterocycles. The number of hydrazone groups is 1. The van der Waals surface area contributed by atoms with Gasteiger partial charge in [-0.25, -0.2) is 4.68 Å². The van der Waals surface area contributed by atoms with Crippen molar-refractivity contribution < 1.29 is 0 Å². The topological polar surface area (TPSA) is 46.3 Å². The van der Waals surface area contributed by atoms with Gasteiger partial charge in [0.1, 0.15) is 0 Å². The molecule has 0 radical (unpaired) electrons. The van der Waals surface area contributed by atoms with Crippen LogP contribution in [0.25, 0.3) is 5.69 Å². The van der Waals surface area contributed by atoms with Crippen molar-refractivity contribution >= 4 is 11.4 Å². The Morgan fingerprint density at radius 1 is 0.793 bits per heavy atom. The van der Waals surface area contributed by atoms with Crippen molar-refractivity contribution in [3.8, 4) is 5.69 Å². The van der Waals surface area contributed by atoms with Crippen LogP contribution in [0.15, 0.2) is 96.2 Å². The van der Waals surface area contributed by atoms with E-state index in [9.17, 15) is 0 Å². The zero-order valence-electron chi connectivity index (χ0n) is 16.2. The van der Waals surface area contributed by atoms with Crippen molar-refractivity contribution in [2.45, 2.75) is 19.4 Å².